The molecule has 122 valence electrons. The van der Waals surface area contributed by atoms with Crippen molar-refractivity contribution in [2.24, 2.45) is 0 Å². The van der Waals surface area contributed by atoms with Crippen molar-refractivity contribution in [3.8, 4) is 10.6 Å². The SMILES string of the molecule is Cc1nc(-c2ccccc2)sc1C(=O)N1CCN(CCO)CC1. The monoisotopic (exact) mass is 331 g/mol. The number of aromatic nitrogens is 1. The summed E-state index contributed by atoms with van der Waals surface area (Å²) in [7, 11) is 0. The van der Waals surface area contributed by atoms with Crippen LogP contribution in [0.3, 0.4) is 0 Å². The Morgan fingerprint density at radius 3 is 2.57 bits per heavy atom. The van der Waals surface area contributed by atoms with Crippen LogP contribution in [0.4, 0.5) is 0 Å². The number of hydrogen-bond donors (Lipinski definition) is 1. The molecule has 0 radical (unpaired) electrons. The maximum Gasteiger partial charge on any atom is 0.265 e. The van der Waals surface area contributed by atoms with Crippen LogP contribution in [0, 0.1) is 6.92 Å². The van der Waals surface area contributed by atoms with Gasteiger partial charge in [-0.25, -0.2) is 4.98 Å². The Kier molecular flexibility index (Phi) is 5.05. The third-order valence-corrected chi connectivity index (χ3v) is 5.28. The van der Waals surface area contributed by atoms with Gasteiger partial charge in [-0.05, 0) is 6.92 Å². The molecular weight excluding hydrogens is 310 g/mol. The number of aryl methyl sites for hydroxylation is 1. The number of carbonyl (C=O) groups is 1. The molecule has 0 bridgehead atoms. The van der Waals surface area contributed by atoms with Crippen LogP contribution in [-0.2, 0) is 0 Å². The Balaban J connectivity index is 1.72. The van der Waals surface area contributed by atoms with E-state index in [0.29, 0.717) is 19.6 Å². The number of thiazole rings is 1. The third-order valence-electron chi connectivity index (χ3n) is 4.09. The van der Waals surface area contributed by atoms with Crippen molar-refractivity contribution in [2.75, 3.05) is 39.3 Å². The molecule has 2 aromatic rings. The lowest BCUT2D eigenvalue weighted by Gasteiger charge is -2.34. The van der Waals surface area contributed by atoms with Gasteiger partial charge in [-0.1, -0.05) is 30.3 Å². The van der Waals surface area contributed by atoms with Crippen LogP contribution >= 0.6 is 11.3 Å². The van der Waals surface area contributed by atoms with Crippen LogP contribution in [0.5, 0.6) is 0 Å². The number of benzene rings is 1. The Morgan fingerprint density at radius 2 is 1.91 bits per heavy atom. The number of carbonyl (C=O) groups excluding carboxylic acids is 1. The molecule has 2 heterocycles. The quantitative estimate of drug-likeness (QED) is 0.929. The van der Waals surface area contributed by atoms with Crippen molar-refractivity contribution in [3.63, 3.8) is 0 Å². The number of aliphatic hydroxyl groups excluding tert-OH is 1. The second kappa shape index (κ2) is 7.21. The summed E-state index contributed by atoms with van der Waals surface area (Å²) >= 11 is 1.47. The number of amides is 1. The minimum atomic E-state index is 0.0748. The lowest BCUT2D eigenvalue weighted by Crippen LogP contribution is -2.49. The average molecular weight is 331 g/mol. The standard InChI is InChI=1S/C17H21N3O2S/c1-13-15(23-16(18-13)14-5-3-2-4-6-14)17(22)20-9-7-19(8-10-20)11-12-21/h2-6,21H,7-12H2,1H3. The molecule has 1 aromatic heterocycles. The predicted octanol–water partition coefficient (Wildman–Crippen LogP) is 1.87. The molecule has 0 atom stereocenters. The number of nitrogens with zero attached hydrogens (tertiary/aromatic N) is 3. The van der Waals surface area contributed by atoms with Crippen molar-refractivity contribution in [1.29, 1.82) is 0 Å². The van der Waals surface area contributed by atoms with Gasteiger partial charge in [0.1, 0.15) is 9.88 Å². The summed E-state index contributed by atoms with van der Waals surface area (Å²) in [5, 5.41) is 9.88. The molecule has 23 heavy (non-hydrogen) atoms. The van der Waals surface area contributed by atoms with Crippen molar-refractivity contribution in [1.82, 2.24) is 14.8 Å². The van der Waals surface area contributed by atoms with Gasteiger partial charge in [0.15, 0.2) is 0 Å². The first-order valence-corrected chi connectivity index (χ1v) is 8.66. The fraction of sp³-hybridized carbons (Fsp3) is 0.412. The number of aliphatic hydroxyl groups is 1. The number of rotatable bonds is 4. The van der Waals surface area contributed by atoms with Crippen LogP contribution < -0.4 is 0 Å². The summed E-state index contributed by atoms with van der Waals surface area (Å²) in [5.74, 6) is 0.0748. The zero-order chi connectivity index (χ0) is 16.2. The summed E-state index contributed by atoms with van der Waals surface area (Å²) in [6.07, 6.45) is 0. The van der Waals surface area contributed by atoms with Gasteiger partial charge >= 0.3 is 0 Å². The maximum atomic E-state index is 12.8. The van der Waals surface area contributed by atoms with Crippen molar-refractivity contribution in [2.45, 2.75) is 6.92 Å². The Labute approximate surface area is 140 Å². The Hall–Kier alpha value is -1.76. The van der Waals surface area contributed by atoms with Gasteiger partial charge in [-0.15, -0.1) is 11.3 Å². The van der Waals surface area contributed by atoms with Gasteiger partial charge < -0.3 is 10.0 Å². The maximum absolute atomic E-state index is 12.8. The highest BCUT2D eigenvalue weighted by Crippen LogP contribution is 2.28. The molecule has 0 saturated carbocycles. The first kappa shape index (κ1) is 16.1. The fourth-order valence-electron chi connectivity index (χ4n) is 2.76. The van der Waals surface area contributed by atoms with E-state index in [0.717, 1.165) is 34.2 Å². The van der Waals surface area contributed by atoms with E-state index < -0.39 is 0 Å². The molecule has 0 aliphatic carbocycles. The van der Waals surface area contributed by atoms with Crippen molar-refractivity contribution in [3.05, 3.63) is 40.9 Å². The molecule has 3 rings (SSSR count). The molecule has 1 saturated heterocycles. The predicted molar refractivity (Wildman–Crippen MR) is 91.7 cm³/mol. The number of β-amino-alcohol motifs (C(OH)–C–C–N with tert-alkyl or cyclic N) is 1. The van der Waals surface area contributed by atoms with E-state index in [2.05, 4.69) is 9.88 Å². The highest BCUT2D eigenvalue weighted by molar-refractivity contribution is 7.17. The van der Waals surface area contributed by atoms with E-state index in [1.807, 2.05) is 42.2 Å². The van der Waals surface area contributed by atoms with Gasteiger partial charge in [0, 0.05) is 38.3 Å². The van der Waals surface area contributed by atoms with Gasteiger partial charge in [0.2, 0.25) is 0 Å². The zero-order valence-electron chi connectivity index (χ0n) is 13.2. The van der Waals surface area contributed by atoms with Gasteiger partial charge in [0.05, 0.1) is 12.3 Å². The van der Waals surface area contributed by atoms with E-state index >= 15 is 0 Å². The molecule has 5 nitrogen and oxygen atoms in total. The third kappa shape index (κ3) is 3.60. The van der Waals surface area contributed by atoms with E-state index in [9.17, 15) is 4.79 Å². The summed E-state index contributed by atoms with van der Waals surface area (Å²) in [5.41, 5.74) is 1.85. The molecule has 1 fully saturated rings. The van der Waals surface area contributed by atoms with Crippen LogP contribution in [0.1, 0.15) is 15.4 Å². The second-order valence-electron chi connectivity index (χ2n) is 5.66. The van der Waals surface area contributed by atoms with Crippen molar-refractivity contribution < 1.29 is 9.90 Å². The molecule has 0 unspecified atom stereocenters. The number of piperazine rings is 1. The second-order valence-corrected chi connectivity index (χ2v) is 6.66. The number of hydrogen-bond acceptors (Lipinski definition) is 5. The average Bonchev–Trinajstić information content (AvgIpc) is 2.98. The molecule has 0 spiro atoms. The molecule has 1 aromatic carbocycles. The molecule has 6 heteroatoms. The van der Waals surface area contributed by atoms with Crippen LogP contribution in [0.2, 0.25) is 0 Å². The lowest BCUT2D eigenvalue weighted by atomic mass is 10.2. The van der Waals surface area contributed by atoms with E-state index in [1.54, 1.807) is 0 Å². The summed E-state index contributed by atoms with van der Waals surface area (Å²) in [4.78, 5) is 22.1. The molecule has 1 N–H and O–H groups in total. The van der Waals surface area contributed by atoms with Crippen LogP contribution in [0.15, 0.2) is 30.3 Å². The molecule has 1 aliphatic rings. The van der Waals surface area contributed by atoms with Gasteiger partial charge in [-0.2, -0.15) is 0 Å². The van der Waals surface area contributed by atoms with Crippen molar-refractivity contribution >= 4 is 17.2 Å². The minimum Gasteiger partial charge on any atom is -0.395 e. The normalized spacial score (nSPS) is 15.8. The van der Waals surface area contributed by atoms with E-state index in [-0.39, 0.29) is 12.5 Å². The summed E-state index contributed by atoms with van der Waals surface area (Å²) in [6.45, 7) is 5.79. The first-order valence-electron chi connectivity index (χ1n) is 7.84. The highest BCUT2D eigenvalue weighted by Gasteiger charge is 2.25. The minimum absolute atomic E-state index is 0.0748. The van der Waals surface area contributed by atoms with Gasteiger partial charge in [0.25, 0.3) is 5.91 Å². The van der Waals surface area contributed by atoms with Crippen LogP contribution in [-0.4, -0.2) is 65.1 Å². The van der Waals surface area contributed by atoms with Gasteiger partial charge in [-0.3, -0.25) is 9.69 Å². The summed E-state index contributed by atoms with van der Waals surface area (Å²) in [6, 6.07) is 9.96. The highest BCUT2D eigenvalue weighted by atomic mass is 32.1. The zero-order valence-corrected chi connectivity index (χ0v) is 14.1. The topological polar surface area (TPSA) is 56.7 Å². The largest absolute Gasteiger partial charge is 0.395 e. The lowest BCUT2D eigenvalue weighted by molar-refractivity contribution is 0.0618. The first-order chi connectivity index (χ1) is 11.2. The Morgan fingerprint density at radius 1 is 1.22 bits per heavy atom. The smallest absolute Gasteiger partial charge is 0.265 e. The van der Waals surface area contributed by atoms with Crippen LogP contribution in [0.25, 0.3) is 10.6 Å². The Bertz CT molecular complexity index is 664. The molecule has 1 amide bonds. The van der Waals surface area contributed by atoms with E-state index in [4.69, 9.17) is 5.11 Å². The van der Waals surface area contributed by atoms with E-state index in [1.165, 1.54) is 11.3 Å². The molecular formula is C17H21N3O2S. The summed E-state index contributed by atoms with van der Waals surface area (Å²) < 4.78 is 0. The molecule has 1 aliphatic heterocycles. The fourth-order valence-corrected chi connectivity index (χ4v) is 3.80.